The predicted octanol–water partition coefficient (Wildman–Crippen LogP) is 6.11. The smallest absolute Gasteiger partial charge is 0.247 e. The van der Waals surface area contributed by atoms with Gasteiger partial charge in [0.2, 0.25) is 17.7 Å². The SMILES string of the molecule is C=CCC1(CC)C(=O)N(CC(=O)N(c2ccccc2)C(C)C)c2ccccc2N(c2ccccc2)C1=O. The van der Waals surface area contributed by atoms with Crippen LogP contribution in [-0.4, -0.2) is 30.3 Å². The van der Waals surface area contributed by atoms with Crippen molar-refractivity contribution in [1.82, 2.24) is 0 Å². The monoisotopic (exact) mass is 495 g/mol. The maximum atomic E-state index is 14.4. The van der Waals surface area contributed by atoms with Gasteiger partial charge in [-0.25, -0.2) is 0 Å². The first-order valence-corrected chi connectivity index (χ1v) is 12.6. The van der Waals surface area contributed by atoms with Crippen molar-refractivity contribution in [3.05, 3.63) is 97.6 Å². The fraction of sp³-hybridized carbons (Fsp3) is 0.258. The molecule has 1 unspecified atom stereocenters. The Hall–Kier alpha value is -4.19. The quantitative estimate of drug-likeness (QED) is 0.280. The number of fused-ring (bicyclic) bond motifs is 1. The molecular weight excluding hydrogens is 462 g/mol. The summed E-state index contributed by atoms with van der Waals surface area (Å²) in [5, 5.41) is 0. The minimum Gasteiger partial charge on any atom is -0.308 e. The van der Waals surface area contributed by atoms with E-state index in [0.717, 1.165) is 5.69 Å². The lowest BCUT2D eigenvalue weighted by molar-refractivity contribution is -0.140. The lowest BCUT2D eigenvalue weighted by Crippen LogP contribution is -2.53. The summed E-state index contributed by atoms with van der Waals surface area (Å²) in [5.74, 6) is -0.943. The second kappa shape index (κ2) is 10.8. The molecule has 1 aliphatic rings. The van der Waals surface area contributed by atoms with Crippen LogP contribution in [0.3, 0.4) is 0 Å². The molecular formula is C31H33N3O3. The molecule has 4 rings (SSSR count). The number of allylic oxidation sites excluding steroid dienone is 1. The molecule has 0 aromatic heterocycles. The molecule has 3 amide bonds. The molecule has 1 aliphatic heterocycles. The van der Waals surface area contributed by atoms with Crippen molar-refractivity contribution in [2.24, 2.45) is 5.41 Å². The highest BCUT2D eigenvalue weighted by Gasteiger charge is 2.52. The van der Waals surface area contributed by atoms with Crippen LogP contribution >= 0.6 is 0 Å². The van der Waals surface area contributed by atoms with E-state index in [-0.39, 0.29) is 37.2 Å². The first-order chi connectivity index (χ1) is 17.9. The van der Waals surface area contributed by atoms with Gasteiger partial charge >= 0.3 is 0 Å². The van der Waals surface area contributed by atoms with Crippen LogP contribution in [0.15, 0.2) is 97.6 Å². The van der Waals surface area contributed by atoms with Gasteiger partial charge in [0, 0.05) is 17.4 Å². The number of benzene rings is 3. The van der Waals surface area contributed by atoms with Crippen molar-refractivity contribution in [1.29, 1.82) is 0 Å². The molecule has 0 radical (unpaired) electrons. The number of nitrogens with zero attached hydrogens (tertiary/aromatic N) is 3. The zero-order valence-corrected chi connectivity index (χ0v) is 21.6. The summed E-state index contributed by atoms with van der Waals surface area (Å²) < 4.78 is 0. The fourth-order valence-corrected chi connectivity index (χ4v) is 5.05. The molecule has 0 spiro atoms. The molecule has 6 heteroatoms. The standard InChI is InChI=1S/C31H33N3O3/c1-5-21-31(6-2)29(36)32(22-28(35)33(23(3)4)24-15-9-7-10-16-24)26-19-13-14-20-27(26)34(30(31)37)25-17-11-8-12-18-25/h5,7-20,23H,1,6,21-22H2,2-4H3. The Morgan fingerprint density at radius 1 is 0.892 bits per heavy atom. The second-order valence-electron chi connectivity index (χ2n) is 9.48. The summed E-state index contributed by atoms with van der Waals surface area (Å²) in [5.41, 5.74) is 1.11. The first kappa shape index (κ1) is 25.9. The van der Waals surface area contributed by atoms with E-state index < -0.39 is 11.3 Å². The van der Waals surface area contributed by atoms with E-state index in [0.29, 0.717) is 17.1 Å². The zero-order chi connectivity index (χ0) is 26.6. The minimum absolute atomic E-state index is 0.126. The third-order valence-corrected chi connectivity index (χ3v) is 6.90. The van der Waals surface area contributed by atoms with E-state index in [4.69, 9.17) is 0 Å². The van der Waals surface area contributed by atoms with Gasteiger partial charge in [0.1, 0.15) is 12.0 Å². The topological polar surface area (TPSA) is 60.9 Å². The molecule has 0 N–H and O–H groups in total. The second-order valence-corrected chi connectivity index (χ2v) is 9.48. The van der Waals surface area contributed by atoms with Crippen LogP contribution in [0.4, 0.5) is 22.7 Å². The largest absolute Gasteiger partial charge is 0.308 e. The number of anilines is 4. The van der Waals surface area contributed by atoms with Gasteiger partial charge < -0.3 is 4.90 Å². The number of carbonyl (C=O) groups is 3. The van der Waals surface area contributed by atoms with Gasteiger partial charge in [-0.3, -0.25) is 24.2 Å². The van der Waals surface area contributed by atoms with E-state index in [1.807, 2.05) is 99.6 Å². The molecule has 0 aliphatic carbocycles. The number of carbonyl (C=O) groups excluding carboxylic acids is 3. The van der Waals surface area contributed by atoms with E-state index in [2.05, 4.69) is 6.58 Å². The van der Waals surface area contributed by atoms with Crippen molar-refractivity contribution in [2.75, 3.05) is 21.2 Å². The molecule has 37 heavy (non-hydrogen) atoms. The third-order valence-electron chi connectivity index (χ3n) is 6.90. The normalized spacial score (nSPS) is 17.4. The lowest BCUT2D eigenvalue weighted by atomic mass is 9.78. The molecule has 0 fully saturated rings. The van der Waals surface area contributed by atoms with Gasteiger partial charge in [0.15, 0.2) is 0 Å². The van der Waals surface area contributed by atoms with Gasteiger partial charge in [-0.05, 0) is 63.1 Å². The predicted molar refractivity (Wildman–Crippen MR) is 149 cm³/mol. The molecule has 6 nitrogen and oxygen atoms in total. The van der Waals surface area contributed by atoms with Crippen molar-refractivity contribution < 1.29 is 14.4 Å². The molecule has 190 valence electrons. The molecule has 3 aromatic rings. The Balaban J connectivity index is 1.88. The van der Waals surface area contributed by atoms with Crippen LogP contribution in [0.2, 0.25) is 0 Å². The average molecular weight is 496 g/mol. The number of amides is 3. The van der Waals surface area contributed by atoms with Crippen LogP contribution in [0.1, 0.15) is 33.6 Å². The van der Waals surface area contributed by atoms with E-state index in [9.17, 15) is 14.4 Å². The van der Waals surface area contributed by atoms with Crippen LogP contribution in [0, 0.1) is 5.41 Å². The fourth-order valence-electron chi connectivity index (χ4n) is 5.05. The Bertz CT molecular complexity index is 1290. The van der Waals surface area contributed by atoms with Crippen LogP contribution in [0.25, 0.3) is 0 Å². The highest BCUT2D eigenvalue weighted by Crippen LogP contribution is 2.45. The molecule has 0 saturated heterocycles. The molecule has 1 heterocycles. The summed E-state index contributed by atoms with van der Waals surface area (Å²) >= 11 is 0. The lowest BCUT2D eigenvalue weighted by Gasteiger charge is -2.34. The van der Waals surface area contributed by atoms with Crippen LogP contribution < -0.4 is 14.7 Å². The maximum Gasteiger partial charge on any atom is 0.247 e. The molecule has 3 aromatic carbocycles. The van der Waals surface area contributed by atoms with E-state index in [1.165, 1.54) is 4.90 Å². The third kappa shape index (κ3) is 4.67. The van der Waals surface area contributed by atoms with E-state index >= 15 is 0 Å². The highest BCUT2D eigenvalue weighted by molar-refractivity contribution is 6.24. The van der Waals surface area contributed by atoms with Gasteiger partial charge in [0.05, 0.1) is 11.4 Å². The van der Waals surface area contributed by atoms with Crippen molar-refractivity contribution in [2.45, 2.75) is 39.7 Å². The number of rotatable bonds is 8. The Morgan fingerprint density at radius 3 is 2.03 bits per heavy atom. The van der Waals surface area contributed by atoms with Crippen molar-refractivity contribution in [3.8, 4) is 0 Å². The van der Waals surface area contributed by atoms with Crippen molar-refractivity contribution in [3.63, 3.8) is 0 Å². The molecule has 0 saturated carbocycles. The Kier molecular flexibility index (Phi) is 7.58. The van der Waals surface area contributed by atoms with Gasteiger partial charge in [-0.15, -0.1) is 6.58 Å². The Labute approximate surface area is 218 Å². The van der Waals surface area contributed by atoms with Gasteiger partial charge in [0.25, 0.3) is 0 Å². The minimum atomic E-state index is -1.40. The molecule has 1 atom stereocenters. The van der Waals surface area contributed by atoms with E-state index in [1.54, 1.807) is 21.9 Å². The summed E-state index contributed by atoms with van der Waals surface area (Å²) in [4.78, 5) is 47.3. The van der Waals surface area contributed by atoms with Crippen LogP contribution in [-0.2, 0) is 14.4 Å². The summed E-state index contributed by atoms with van der Waals surface area (Å²) in [6.07, 6.45) is 2.05. The highest BCUT2D eigenvalue weighted by atomic mass is 16.2. The summed E-state index contributed by atoms with van der Waals surface area (Å²) in [6.45, 7) is 9.38. The first-order valence-electron chi connectivity index (χ1n) is 12.6. The molecule has 0 bridgehead atoms. The van der Waals surface area contributed by atoms with Crippen LogP contribution in [0.5, 0.6) is 0 Å². The Morgan fingerprint density at radius 2 is 1.46 bits per heavy atom. The summed E-state index contributed by atoms with van der Waals surface area (Å²) in [7, 11) is 0. The maximum absolute atomic E-state index is 14.4. The number of para-hydroxylation sites is 4. The summed E-state index contributed by atoms with van der Waals surface area (Å²) in [6, 6.07) is 25.9. The van der Waals surface area contributed by atoms with Gasteiger partial charge in [-0.2, -0.15) is 0 Å². The average Bonchev–Trinajstić information content (AvgIpc) is 2.98. The van der Waals surface area contributed by atoms with Gasteiger partial charge in [-0.1, -0.05) is 61.5 Å². The number of hydrogen-bond acceptors (Lipinski definition) is 3. The van der Waals surface area contributed by atoms with Crippen molar-refractivity contribution >= 4 is 40.5 Å². The zero-order valence-electron chi connectivity index (χ0n) is 21.6. The number of hydrogen-bond donors (Lipinski definition) is 0.